The predicted molar refractivity (Wildman–Crippen MR) is 95.4 cm³/mol. The summed E-state index contributed by atoms with van der Waals surface area (Å²) in [6.45, 7) is 1.48. The second kappa shape index (κ2) is 8.48. The molecule has 7 nitrogen and oxygen atoms in total. The van der Waals surface area contributed by atoms with Crippen LogP contribution in [0.2, 0.25) is 0 Å². The zero-order chi connectivity index (χ0) is 19.2. The van der Waals surface area contributed by atoms with Crippen LogP contribution in [0, 0.1) is 11.7 Å². The Morgan fingerprint density at radius 3 is 2.52 bits per heavy atom. The smallest absolute Gasteiger partial charge is 0.313 e. The van der Waals surface area contributed by atoms with Gasteiger partial charge in [0, 0.05) is 19.6 Å². The molecule has 0 radical (unpaired) electrons. The average Bonchev–Trinajstić information content (AvgIpc) is 3.22. The Labute approximate surface area is 155 Å². The summed E-state index contributed by atoms with van der Waals surface area (Å²) in [6.07, 6.45) is 4.32. The Morgan fingerprint density at radius 1 is 1.11 bits per heavy atom. The summed E-state index contributed by atoms with van der Waals surface area (Å²) in [4.78, 5) is 37.7. The predicted octanol–water partition coefficient (Wildman–Crippen LogP) is 2.03. The van der Waals surface area contributed by atoms with E-state index < -0.39 is 17.6 Å². The van der Waals surface area contributed by atoms with Gasteiger partial charge in [-0.25, -0.2) is 4.39 Å². The van der Waals surface area contributed by atoms with Crippen LogP contribution in [0.25, 0.3) is 0 Å². The van der Waals surface area contributed by atoms with Crippen LogP contribution in [0.15, 0.2) is 47.3 Å². The first-order valence-corrected chi connectivity index (χ1v) is 8.70. The third-order valence-electron chi connectivity index (χ3n) is 4.55. The lowest BCUT2D eigenvalue weighted by atomic mass is 9.96. The van der Waals surface area contributed by atoms with Crippen molar-refractivity contribution >= 4 is 23.4 Å². The third-order valence-corrected chi connectivity index (χ3v) is 4.55. The van der Waals surface area contributed by atoms with E-state index in [9.17, 15) is 18.8 Å². The largest absolute Gasteiger partial charge is 0.472 e. The number of nitrogens with one attached hydrogen (secondary N) is 2. The minimum Gasteiger partial charge on any atom is -0.472 e. The van der Waals surface area contributed by atoms with E-state index in [1.165, 1.54) is 30.7 Å². The number of hydrogen-bond acceptors (Lipinski definition) is 4. The maximum Gasteiger partial charge on any atom is 0.313 e. The summed E-state index contributed by atoms with van der Waals surface area (Å²) >= 11 is 0. The molecule has 3 amide bonds. The minimum absolute atomic E-state index is 0.0382. The SMILES string of the molecule is O=C(NCC1CCN(C(=O)c2ccoc2)CC1)C(=O)Nc1ccccc1F. The molecule has 1 aliphatic heterocycles. The van der Waals surface area contributed by atoms with E-state index in [-0.39, 0.29) is 17.5 Å². The number of para-hydroxylation sites is 1. The molecule has 0 aliphatic carbocycles. The fourth-order valence-corrected chi connectivity index (χ4v) is 2.97. The third kappa shape index (κ3) is 4.72. The lowest BCUT2D eigenvalue weighted by Crippen LogP contribution is -2.43. The Bertz CT molecular complexity index is 814. The molecule has 8 heteroatoms. The number of rotatable bonds is 4. The number of likely N-dealkylation sites (tertiary alicyclic amines) is 1. The molecular formula is C19H20FN3O4. The number of carbonyl (C=O) groups excluding carboxylic acids is 3. The van der Waals surface area contributed by atoms with Crippen LogP contribution in [0.5, 0.6) is 0 Å². The van der Waals surface area contributed by atoms with E-state index >= 15 is 0 Å². The summed E-state index contributed by atoms with van der Waals surface area (Å²) in [5, 5.41) is 4.82. The number of amides is 3. The standard InChI is InChI=1S/C19H20FN3O4/c20-15-3-1-2-4-16(15)22-18(25)17(24)21-11-13-5-8-23(9-6-13)19(26)14-7-10-27-12-14/h1-4,7,10,12-13H,5-6,8-9,11H2,(H,21,24)(H,22,25). The van der Waals surface area contributed by atoms with Crippen molar-refractivity contribution < 1.29 is 23.2 Å². The van der Waals surface area contributed by atoms with Crippen LogP contribution in [0.3, 0.4) is 0 Å². The van der Waals surface area contributed by atoms with Crippen molar-refractivity contribution in [2.45, 2.75) is 12.8 Å². The fraction of sp³-hybridized carbons (Fsp3) is 0.316. The lowest BCUT2D eigenvalue weighted by molar-refractivity contribution is -0.136. The molecule has 1 aromatic carbocycles. The first-order chi connectivity index (χ1) is 13.0. The number of halogens is 1. The van der Waals surface area contributed by atoms with Gasteiger partial charge in [-0.05, 0) is 37.0 Å². The van der Waals surface area contributed by atoms with Crippen molar-refractivity contribution in [3.63, 3.8) is 0 Å². The van der Waals surface area contributed by atoms with Gasteiger partial charge in [-0.2, -0.15) is 0 Å². The molecular weight excluding hydrogens is 353 g/mol. The van der Waals surface area contributed by atoms with Gasteiger partial charge in [-0.3, -0.25) is 14.4 Å². The van der Waals surface area contributed by atoms with Crippen LogP contribution in [-0.4, -0.2) is 42.3 Å². The molecule has 1 aromatic heterocycles. The second-order valence-corrected chi connectivity index (χ2v) is 6.39. The van der Waals surface area contributed by atoms with Crippen molar-refractivity contribution in [2.75, 3.05) is 25.0 Å². The highest BCUT2D eigenvalue weighted by atomic mass is 19.1. The van der Waals surface area contributed by atoms with Gasteiger partial charge in [0.25, 0.3) is 5.91 Å². The summed E-state index contributed by atoms with van der Waals surface area (Å²) in [5.74, 6) is -2.23. The molecule has 0 atom stereocenters. The van der Waals surface area contributed by atoms with Gasteiger partial charge in [0.1, 0.15) is 12.1 Å². The molecule has 0 unspecified atom stereocenters. The fourth-order valence-electron chi connectivity index (χ4n) is 2.97. The highest BCUT2D eigenvalue weighted by molar-refractivity contribution is 6.39. The molecule has 1 aliphatic rings. The average molecular weight is 373 g/mol. The van der Waals surface area contributed by atoms with Crippen LogP contribution in [0.1, 0.15) is 23.2 Å². The highest BCUT2D eigenvalue weighted by Gasteiger charge is 2.25. The highest BCUT2D eigenvalue weighted by Crippen LogP contribution is 2.19. The van der Waals surface area contributed by atoms with E-state index in [1.807, 2.05) is 0 Å². The molecule has 0 bridgehead atoms. The van der Waals surface area contributed by atoms with E-state index in [4.69, 9.17) is 4.42 Å². The van der Waals surface area contributed by atoms with E-state index in [0.717, 1.165) is 12.8 Å². The van der Waals surface area contributed by atoms with Crippen LogP contribution >= 0.6 is 0 Å². The van der Waals surface area contributed by atoms with Gasteiger partial charge in [0.2, 0.25) is 0 Å². The van der Waals surface area contributed by atoms with E-state index in [0.29, 0.717) is 25.2 Å². The lowest BCUT2D eigenvalue weighted by Gasteiger charge is -2.31. The zero-order valence-electron chi connectivity index (χ0n) is 14.6. The maximum atomic E-state index is 13.5. The van der Waals surface area contributed by atoms with Crippen molar-refractivity contribution in [3.8, 4) is 0 Å². The normalized spacial score (nSPS) is 14.6. The number of anilines is 1. The van der Waals surface area contributed by atoms with Crippen LogP contribution < -0.4 is 10.6 Å². The summed E-state index contributed by atoms with van der Waals surface area (Å²) < 4.78 is 18.4. The number of benzene rings is 1. The Balaban J connectivity index is 1.42. The van der Waals surface area contributed by atoms with Gasteiger partial charge in [-0.15, -0.1) is 0 Å². The molecule has 1 fully saturated rings. The van der Waals surface area contributed by atoms with Gasteiger partial charge in [0.15, 0.2) is 0 Å². The van der Waals surface area contributed by atoms with Crippen molar-refractivity contribution in [1.82, 2.24) is 10.2 Å². The molecule has 1 saturated heterocycles. The summed E-state index contributed by atoms with van der Waals surface area (Å²) in [5.41, 5.74) is 0.482. The zero-order valence-corrected chi connectivity index (χ0v) is 14.6. The Kier molecular flexibility index (Phi) is 5.85. The molecule has 2 N–H and O–H groups in total. The minimum atomic E-state index is -0.910. The quantitative estimate of drug-likeness (QED) is 0.802. The number of furan rings is 1. The number of piperidine rings is 1. The summed E-state index contributed by atoms with van der Waals surface area (Å²) in [7, 11) is 0. The molecule has 142 valence electrons. The first kappa shape index (κ1) is 18.6. The molecule has 3 rings (SSSR count). The van der Waals surface area contributed by atoms with Crippen molar-refractivity contribution in [1.29, 1.82) is 0 Å². The number of nitrogens with zero attached hydrogens (tertiary/aromatic N) is 1. The Hall–Kier alpha value is -3.16. The van der Waals surface area contributed by atoms with Crippen LogP contribution in [-0.2, 0) is 9.59 Å². The Morgan fingerprint density at radius 2 is 1.85 bits per heavy atom. The number of carbonyl (C=O) groups is 3. The molecule has 27 heavy (non-hydrogen) atoms. The van der Waals surface area contributed by atoms with Gasteiger partial charge < -0.3 is 20.0 Å². The monoisotopic (exact) mass is 373 g/mol. The van der Waals surface area contributed by atoms with Crippen molar-refractivity contribution in [2.24, 2.45) is 5.92 Å². The molecule has 2 heterocycles. The van der Waals surface area contributed by atoms with Crippen molar-refractivity contribution in [3.05, 3.63) is 54.2 Å². The maximum absolute atomic E-state index is 13.5. The summed E-state index contributed by atoms with van der Waals surface area (Å²) in [6, 6.07) is 7.27. The number of hydrogen-bond donors (Lipinski definition) is 2. The van der Waals surface area contributed by atoms with Crippen LogP contribution in [0.4, 0.5) is 10.1 Å². The van der Waals surface area contributed by atoms with Gasteiger partial charge in [0.05, 0.1) is 17.5 Å². The van der Waals surface area contributed by atoms with E-state index in [1.54, 1.807) is 17.0 Å². The van der Waals surface area contributed by atoms with E-state index in [2.05, 4.69) is 10.6 Å². The topological polar surface area (TPSA) is 91.7 Å². The molecule has 2 aromatic rings. The van der Waals surface area contributed by atoms with Gasteiger partial charge >= 0.3 is 11.8 Å². The molecule has 0 saturated carbocycles. The second-order valence-electron chi connectivity index (χ2n) is 6.39. The van der Waals surface area contributed by atoms with Gasteiger partial charge in [-0.1, -0.05) is 12.1 Å². The molecule has 0 spiro atoms. The first-order valence-electron chi connectivity index (χ1n) is 8.70.